The first-order chi connectivity index (χ1) is 3.30. The molecule has 1 atom stereocenters. The van der Waals surface area contributed by atoms with Gasteiger partial charge in [-0.1, -0.05) is 22.6 Å². The van der Waals surface area contributed by atoms with Crippen LogP contribution in [0, 0.1) is 0 Å². The third-order valence-electron chi connectivity index (χ3n) is 1.23. The normalized spacial score (nSPS) is 31.6. The zero-order valence-corrected chi connectivity index (χ0v) is 6.14. The lowest BCUT2D eigenvalue weighted by Crippen LogP contribution is -2.01. The molecule has 0 N–H and O–H groups in total. The van der Waals surface area contributed by atoms with Crippen LogP contribution >= 0.6 is 22.6 Å². The highest BCUT2D eigenvalue weighted by atomic mass is 127. The van der Waals surface area contributed by atoms with Crippen LogP contribution in [0.15, 0.2) is 0 Å². The van der Waals surface area contributed by atoms with Crippen LogP contribution in [0.2, 0.25) is 0 Å². The van der Waals surface area contributed by atoms with E-state index >= 15 is 0 Å². The van der Waals surface area contributed by atoms with Gasteiger partial charge < -0.3 is 0 Å². The zero-order chi connectivity index (χ0) is 5.28. The van der Waals surface area contributed by atoms with Crippen molar-refractivity contribution in [1.29, 1.82) is 0 Å². The number of carbonyl (C=O) groups is 1. The van der Waals surface area contributed by atoms with E-state index in [0.29, 0.717) is 9.71 Å². The molecule has 1 aliphatic rings. The molecule has 1 nitrogen and oxygen atoms in total. The molecule has 0 aromatic heterocycles. The van der Waals surface area contributed by atoms with Crippen molar-refractivity contribution in [3.8, 4) is 0 Å². The molecular weight excluding hydrogens is 203 g/mol. The molecule has 0 radical (unpaired) electrons. The number of halogens is 1. The van der Waals surface area contributed by atoms with E-state index in [1.54, 1.807) is 0 Å². The van der Waals surface area contributed by atoms with Gasteiger partial charge in [0.25, 0.3) is 0 Å². The molecule has 0 saturated heterocycles. The summed E-state index contributed by atoms with van der Waals surface area (Å²) in [5, 5.41) is 0. The van der Waals surface area contributed by atoms with Crippen molar-refractivity contribution in [3.63, 3.8) is 0 Å². The van der Waals surface area contributed by atoms with Gasteiger partial charge in [0.05, 0.1) is 3.92 Å². The predicted molar refractivity (Wildman–Crippen MR) is 36.7 cm³/mol. The minimum atomic E-state index is 0.345. The van der Waals surface area contributed by atoms with Crippen LogP contribution in [0.3, 0.4) is 0 Å². The lowest BCUT2D eigenvalue weighted by atomic mass is 10.4. The molecule has 1 rings (SSSR count). The molecule has 1 aliphatic carbocycles. The molecule has 1 saturated carbocycles. The Morgan fingerprint density at radius 2 is 2.43 bits per heavy atom. The standard InChI is InChI=1S/C5H7IO/c6-4-2-1-3-5(4)7/h4H,1-3H2. The van der Waals surface area contributed by atoms with Crippen LogP contribution in [0.5, 0.6) is 0 Å². The maximum absolute atomic E-state index is 10.6. The van der Waals surface area contributed by atoms with Crippen molar-refractivity contribution in [3.05, 3.63) is 0 Å². The van der Waals surface area contributed by atoms with Gasteiger partial charge in [-0.3, -0.25) is 4.79 Å². The molecule has 1 fully saturated rings. The molecule has 0 bridgehead atoms. The smallest absolute Gasteiger partial charge is 0.145 e. The van der Waals surface area contributed by atoms with E-state index in [4.69, 9.17) is 0 Å². The molecule has 0 aliphatic heterocycles. The van der Waals surface area contributed by atoms with Crippen molar-refractivity contribution in [2.45, 2.75) is 23.2 Å². The number of ketones is 1. The van der Waals surface area contributed by atoms with Gasteiger partial charge in [-0.2, -0.15) is 0 Å². The van der Waals surface area contributed by atoms with E-state index in [-0.39, 0.29) is 0 Å². The number of carbonyl (C=O) groups excluding carboxylic acids is 1. The average Bonchev–Trinajstić information content (AvgIpc) is 1.91. The third-order valence-corrected chi connectivity index (χ3v) is 2.55. The lowest BCUT2D eigenvalue weighted by molar-refractivity contribution is -0.116. The molecule has 1 unspecified atom stereocenters. The van der Waals surface area contributed by atoms with Crippen LogP contribution in [-0.2, 0) is 4.79 Å². The summed E-state index contributed by atoms with van der Waals surface area (Å²) in [6.45, 7) is 0. The minimum absolute atomic E-state index is 0.345. The van der Waals surface area contributed by atoms with Gasteiger partial charge in [0.1, 0.15) is 5.78 Å². The molecular formula is C5H7IO. The maximum atomic E-state index is 10.6. The van der Waals surface area contributed by atoms with Gasteiger partial charge >= 0.3 is 0 Å². The Kier molecular flexibility index (Phi) is 1.67. The first kappa shape index (κ1) is 5.54. The second kappa shape index (κ2) is 2.11. The van der Waals surface area contributed by atoms with Crippen molar-refractivity contribution in [1.82, 2.24) is 0 Å². The van der Waals surface area contributed by atoms with Crippen molar-refractivity contribution in [2.24, 2.45) is 0 Å². The number of alkyl halides is 1. The summed E-state index contributed by atoms with van der Waals surface area (Å²) >= 11 is 2.21. The SMILES string of the molecule is O=C1CCCC1I. The van der Waals surface area contributed by atoms with Gasteiger partial charge in [-0.15, -0.1) is 0 Å². The highest BCUT2D eigenvalue weighted by molar-refractivity contribution is 14.1. The Balaban J connectivity index is 2.48. The summed E-state index contributed by atoms with van der Waals surface area (Å²) < 4.78 is 0.345. The Morgan fingerprint density at radius 1 is 1.71 bits per heavy atom. The Hall–Kier alpha value is 0.400. The summed E-state index contributed by atoms with van der Waals surface area (Å²) in [6, 6.07) is 0. The summed E-state index contributed by atoms with van der Waals surface area (Å²) in [4.78, 5) is 10.6. The minimum Gasteiger partial charge on any atom is -0.299 e. The average molecular weight is 210 g/mol. The fourth-order valence-electron chi connectivity index (χ4n) is 0.773. The topological polar surface area (TPSA) is 17.1 Å². The summed E-state index contributed by atoms with van der Waals surface area (Å²) in [7, 11) is 0. The van der Waals surface area contributed by atoms with Gasteiger partial charge in [0, 0.05) is 6.42 Å². The van der Waals surface area contributed by atoms with Gasteiger partial charge in [0.15, 0.2) is 0 Å². The first-order valence-corrected chi connectivity index (χ1v) is 3.72. The highest BCUT2D eigenvalue weighted by Crippen LogP contribution is 2.21. The summed E-state index contributed by atoms with van der Waals surface area (Å²) in [6.07, 6.45) is 3.06. The quantitative estimate of drug-likeness (QED) is 0.437. The van der Waals surface area contributed by atoms with Crippen molar-refractivity contribution >= 4 is 28.4 Å². The predicted octanol–water partition coefficient (Wildman–Crippen LogP) is 1.54. The first-order valence-electron chi connectivity index (χ1n) is 2.47. The maximum Gasteiger partial charge on any atom is 0.145 e. The van der Waals surface area contributed by atoms with E-state index in [2.05, 4.69) is 22.6 Å². The summed E-state index contributed by atoms with van der Waals surface area (Å²) in [5.41, 5.74) is 0. The molecule has 2 heteroatoms. The Morgan fingerprint density at radius 3 is 2.57 bits per heavy atom. The molecule has 40 valence electrons. The van der Waals surface area contributed by atoms with Crippen molar-refractivity contribution < 1.29 is 4.79 Å². The molecule has 0 heterocycles. The molecule has 0 spiro atoms. The second-order valence-corrected chi connectivity index (χ2v) is 3.33. The largest absolute Gasteiger partial charge is 0.299 e. The monoisotopic (exact) mass is 210 g/mol. The number of hydrogen-bond acceptors (Lipinski definition) is 1. The lowest BCUT2D eigenvalue weighted by Gasteiger charge is -1.88. The third kappa shape index (κ3) is 1.15. The van der Waals surface area contributed by atoms with Gasteiger partial charge in [0.2, 0.25) is 0 Å². The number of hydrogen-bond donors (Lipinski definition) is 0. The van der Waals surface area contributed by atoms with Crippen LogP contribution in [0.25, 0.3) is 0 Å². The van der Waals surface area contributed by atoms with Gasteiger partial charge in [-0.05, 0) is 12.8 Å². The van der Waals surface area contributed by atoms with Gasteiger partial charge in [-0.25, -0.2) is 0 Å². The van der Waals surface area contributed by atoms with Crippen LogP contribution in [-0.4, -0.2) is 9.71 Å². The summed E-state index contributed by atoms with van der Waals surface area (Å²) in [5.74, 6) is 0.445. The highest BCUT2D eigenvalue weighted by Gasteiger charge is 2.20. The van der Waals surface area contributed by atoms with E-state index in [1.807, 2.05) is 0 Å². The van der Waals surface area contributed by atoms with Crippen LogP contribution in [0.4, 0.5) is 0 Å². The molecule has 0 aromatic carbocycles. The fourth-order valence-corrected chi connectivity index (χ4v) is 1.52. The number of rotatable bonds is 0. The fraction of sp³-hybridized carbons (Fsp3) is 0.800. The van der Waals surface area contributed by atoms with E-state index in [9.17, 15) is 4.79 Å². The molecule has 0 aromatic rings. The zero-order valence-electron chi connectivity index (χ0n) is 3.98. The van der Waals surface area contributed by atoms with Crippen molar-refractivity contribution in [2.75, 3.05) is 0 Å². The van der Waals surface area contributed by atoms with E-state index in [1.165, 1.54) is 0 Å². The van der Waals surface area contributed by atoms with E-state index in [0.717, 1.165) is 19.3 Å². The van der Waals surface area contributed by atoms with Crippen LogP contribution in [0.1, 0.15) is 19.3 Å². The molecule has 0 amide bonds. The second-order valence-electron chi connectivity index (χ2n) is 1.83. The van der Waals surface area contributed by atoms with Crippen LogP contribution < -0.4 is 0 Å². The van der Waals surface area contributed by atoms with E-state index < -0.39 is 0 Å². The Bertz CT molecular complexity index is 90.1. The molecule has 7 heavy (non-hydrogen) atoms. The number of Topliss-reactive ketones (excluding diaryl/α,β-unsaturated/α-hetero) is 1. The Labute approximate surface area is 56.6 Å².